The van der Waals surface area contributed by atoms with Crippen LogP contribution in [0.3, 0.4) is 0 Å². The predicted molar refractivity (Wildman–Crippen MR) is 86.2 cm³/mol. The maximum absolute atomic E-state index is 11.9. The molecule has 1 amide bonds. The second kappa shape index (κ2) is 6.64. The summed E-state index contributed by atoms with van der Waals surface area (Å²) in [6.07, 6.45) is 0. The number of hydrogen-bond acceptors (Lipinski definition) is 2. The zero-order chi connectivity index (χ0) is 15.4. The van der Waals surface area contributed by atoms with Crippen LogP contribution in [0.1, 0.15) is 16.7 Å². The van der Waals surface area contributed by atoms with E-state index in [-0.39, 0.29) is 12.5 Å². The van der Waals surface area contributed by atoms with Gasteiger partial charge in [0, 0.05) is 10.7 Å². The van der Waals surface area contributed by atoms with Crippen molar-refractivity contribution in [2.24, 2.45) is 0 Å². The summed E-state index contributed by atoms with van der Waals surface area (Å²) in [7, 11) is 0. The Hall–Kier alpha value is -2.00. The van der Waals surface area contributed by atoms with Gasteiger partial charge >= 0.3 is 0 Å². The van der Waals surface area contributed by atoms with Crippen molar-refractivity contribution in [2.75, 3.05) is 11.9 Å². The van der Waals surface area contributed by atoms with Gasteiger partial charge in [-0.05, 0) is 67.8 Å². The maximum atomic E-state index is 11.9. The number of amides is 1. The van der Waals surface area contributed by atoms with E-state index < -0.39 is 0 Å². The lowest BCUT2D eigenvalue weighted by atomic mass is 10.1. The van der Waals surface area contributed by atoms with Crippen LogP contribution in [0, 0.1) is 20.8 Å². The summed E-state index contributed by atoms with van der Waals surface area (Å²) in [5.74, 6) is 0.445. The highest BCUT2D eigenvalue weighted by atomic mass is 35.5. The average molecular weight is 304 g/mol. The van der Waals surface area contributed by atoms with Crippen LogP contribution < -0.4 is 10.1 Å². The van der Waals surface area contributed by atoms with E-state index in [2.05, 4.69) is 11.4 Å². The smallest absolute Gasteiger partial charge is 0.262 e. The Bertz CT molecular complexity index is 648. The number of aryl methyl sites for hydroxylation is 3. The molecule has 0 bridgehead atoms. The summed E-state index contributed by atoms with van der Waals surface area (Å²) in [5, 5.41) is 3.51. The third kappa shape index (κ3) is 4.50. The van der Waals surface area contributed by atoms with Gasteiger partial charge in [-0.25, -0.2) is 0 Å². The fourth-order valence-electron chi connectivity index (χ4n) is 2.10. The van der Waals surface area contributed by atoms with Gasteiger partial charge in [-0.1, -0.05) is 17.7 Å². The zero-order valence-corrected chi connectivity index (χ0v) is 13.1. The van der Waals surface area contributed by atoms with Gasteiger partial charge in [0.25, 0.3) is 5.91 Å². The molecule has 0 atom stereocenters. The summed E-state index contributed by atoms with van der Waals surface area (Å²) < 4.78 is 5.47. The number of rotatable bonds is 4. The van der Waals surface area contributed by atoms with Crippen molar-refractivity contribution < 1.29 is 9.53 Å². The molecular weight excluding hydrogens is 286 g/mol. The van der Waals surface area contributed by atoms with Gasteiger partial charge in [0.05, 0.1) is 0 Å². The van der Waals surface area contributed by atoms with Gasteiger partial charge in [0.15, 0.2) is 6.61 Å². The van der Waals surface area contributed by atoms with Gasteiger partial charge in [-0.2, -0.15) is 0 Å². The van der Waals surface area contributed by atoms with Crippen LogP contribution in [0.4, 0.5) is 5.69 Å². The van der Waals surface area contributed by atoms with Crippen LogP contribution in [-0.4, -0.2) is 12.5 Å². The van der Waals surface area contributed by atoms with Crippen LogP contribution in [0.2, 0.25) is 5.02 Å². The Balaban J connectivity index is 1.94. The predicted octanol–water partition coefficient (Wildman–Crippen LogP) is 4.28. The molecule has 0 saturated heterocycles. The fraction of sp³-hybridized carbons (Fsp3) is 0.235. The van der Waals surface area contributed by atoms with E-state index in [0.717, 1.165) is 22.4 Å². The minimum Gasteiger partial charge on any atom is -0.484 e. The molecule has 21 heavy (non-hydrogen) atoms. The minimum atomic E-state index is -0.187. The third-order valence-corrected chi connectivity index (χ3v) is 3.43. The first-order chi connectivity index (χ1) is 9.94. The monoisotopic (exact) mass is 303 g/mol. The molecule has 0 fully saturated rings. The van der Waals surface area contributed by atoms with Gasteiger partial charge in [0.2, 0.25) is 0 Å². The summed E-state index contributed by atoms with van der Waals surface area (Å²) in [4.78, 5) is 11.9. The van der Waals surface area contributed by atoms with Crippen molar-refractivity contribution in [1.82, 2.24) is 0 Å². The zero-order valence-electron chi connectivity index (χ0n) is 12.4. The Labute approximate surface area is 129 Å². The summed E-state index contributed by atoms with van der Waals surface area (Å²) >= 11 is 5.95. The SMILES string of the molecule is Cc1cc(C)cc(NC(=O)COc2ccc(Cl)c(C)c2)c1. The van der Waals surface area contributed by atoms with E-state index in [1.54, 1.807) is 12.1 Å². The fourth-order valence-corrected chi connectivity index (χ4v) is 2.22. The van der Waals surface area contributed by atoms with Crippen LogP contribution in [0.15, 0.2) is 36.4 Å². The first-order valence-electron chi connectivity index (χ1n) is 6.71. The second-order valence-corrected chi connectivity index (χ2v) is 5.53. The minimum absolute atomic E-state index is 0.0337. The molecule has 0 aliphatic heterocycles. The highest BCUT2D eigenvalue weighted by Gasteiger charge is 2.05. The molecule has 0 saturated carbocycles. The molecular formula is C17H18ClNO2. The van der Waals surface area contributed by atoms with Crippen molar-refractivity contribution >= 4 is 23.2 Å². The van der Waals surface area contributed by atoms with Crippen LogP contribution in [-0.2, 0) is 4.79 Å². The summed E-state index contributed by atoms with van der Waals surface area (Å²) in [6.45, 7) is 5.85. The maximum Gasteiger partial charge on any atom is 0.262 e. The molecule has 2 aromatic carbocycles. The van der Waals surface area contributed by atoms with Crippen LogP contribution >= 0.6 is 11.6 Å². The second-order valence-electron chi connectivity index (χ2n) is 5.12. The number of hydrogen-bond donors (Lipinski definition) is 1. The van der Waals surface area contributed by atoms with Crippen LogP contribution in [0.25, 0.3) is 0 Å². The molecule has 0 unspecified atom stereocenters. The van der Waals surface area contributed by atoms with Crippen molar-refractivity contribution in [3.8, 4) is 5.75 Å². The van der Waals surface area contributed by atoms with Crippen molar-refractivity contribution in [2.45, 2.75) is 20.8 Å². The van der Waals surface area contributed by atoms with Crippen molar-refractivity contribution in [3.05, 3.63) is 58.1 Å². The van der Waals surface area contributed by atoms with E-state index in [0.29, 0.717) is 10.8 Å². The molecule has 0 spiro atoms. The number of ether oxygens (including phenoxy) is 1. The number of anilines is 1. The number of carbonyl (C=O) groups excluding carboxylic acids is 1. The van der Waals surface area contributed by atoms with E-state index >= 15 is 0 Å². The van der Waals surface area contributed by atoms with Gasteiger partial charge in [0.1, 0.15) is 5.75 Å². The molecule has 0 aromatic heterocycles. The number of nitrogens with one attached hydrogen (secondary N) is 1. The highest BCUT2D eigenvalue weighted by molar-refractivity contribution is 6.31. The number of carbonyl (C=O) groups is 1. The lowest BCUT2D eigenvalue weighted by molar-refractivity contribution is -0.118. The number of halogens is 1. The van der Waals surface area contributed by atoms with Crippen molar-refractivity contribution in [3.63, 3.8) is 0 Å². The molecule has 0 aliphatic carbocycles. The molecule has 2 rings (SSSR count). The van der Waals surface area contributed by atoms with E-state index in [1.807, 2.05) is 39.0 Å². The largest absolute Gasteiger partial charge is 0.484 e. The summed E-state index contributed by atoms with van der Waals surface area (Å²) in [5.41, 5.74) is 3.93. The van der Waals surface area contributed by atoms with Gasteiger partial charge in [-0.3, -0.25) is 4.79 Å². The lowest BCUT2D eigenvalue weighted by Crippen LogP contribution is -2.20. The van der Waals surface area contributed by atoms with E-state index in [4.69, 9.17) is 16.3 Å². The molecule has 0 heterocycles. The number of benzene rings is 2. The molecule has 1 N–H and O–H groups in total. The lowest BCUT2D eigenvalue weighted by Gasteiger charge is -2.10. The Morgan fingerprint density at radius 1 is 1.10 bits per heavy atom. The first-order valence-corrected chi connectivity index (χ1v) is 7.09. The standard InChI is InChI=1S/C17H18ClNO2/c1-11-6-12(2)8-14(7-11)19-17(20)10-21-15-4-5-16(18)13(3)9-15/h4-9H,10H2,1-3H3,(H,19,20). The van der Waals surface area contributed by atoms with E-state index in [9.17, 15) is 4.79 Å². The van der Waals surface area contributed by atoms with Gasteiger partial charge < -0.3 is 10.1 Å². The first kappa shape index (κ1) is 15.4. The molecule has 110 valence electrons. The van der Waals surface area contributed by atoms with Gasteiger partial charge in [-0.15, -0.1) is 0 Å². The van der Waals surface area contributed by atoms with Crippen molar-refractivity contribution in [1.29, 1.82) is 0 Å². The third-order valence-electron chi connectivity index (χ3n) is 3.00. The molecule has 0 aliphatic rings. The quantitative estimate of drug-likeness (QED) is 0.915. The molecule has 4 heteroatoms. The normalized spacial score (nSPS) is 10.3. The average Bonchev–Trinajstić information content (AvgIpc) is 2.39. The molecule has 2 aromatic rings. The Morgan fingerprint density at radius 3 is 2.38 bits per heavy atom. The highest BCUT2D eigenvalue weighted by Crippen LogP contribution is 2.21. The topological polar surface area (TPSA) is 38.3 Å². The molecule has 0 radical (unpaired) electrons. The summed E-state index contributed by atoms with van der Waals surface area (Å²) in [6, 6.07) is 11.2. The Kier molecular flexibility index (Phi) is 4.86. The molecule has 3 nitrogen and oxygen atoms in total. The Morgan fingerprint density at radius 2 is 1.76 bits per heavy atom. The van der Waals surface area contributed by atoms with Crippen LogP contribution in [0.5, 0.6) is 5.75 Å². The van der Waals surface area contributed by atoms with E-state index in [1.165, 1.54) is 0 Å².